The van der Waals surface area contributed by atoms with Crippen molar-refractivity contribution < 1.29 is 16.7 Å². The molecule has 6 nitrogen and oxygen atoms in total. The summed E-state index contributed by atoms with van der Waals surface area (Å²) in [7, 11) is 1.41. The molecule has 1 aliphatic heterocycles. The van der Waals surface area contributed by atoms with Crippen molar-refractivity contribution in [2.24, 2.45) is 0 Å². The first-order chi connectivity index (χ1) is 15.2. The van der Waals surface area contributed by atoms with Crippen molar-refractivity contribution in [2.75, 3.05) is 16.8 Å². The monoisotopic (exact) mass is 424 g/mol. The molecule has 152 valence electrons. The largest absolute Gasteiger partial charge is 0.355 e. The van der Waals surface area contributed by atoms with Crippen LogP contribution in [-0.4, -0.2) is 29.5 Å². The van der Waals surface area contributed by atoms with E-state index >= 15 is 0 Å². The maximum absolute atomic E-state index is 14.7. The van der Waals surface area contributed by atoms with E-state index in [1.807, 2.05) is 0 Å². The van der Waals surface area contributed by atoms with Crippen LogP contribution in [0.5, 0.6) is 0 Å². The average Bonchev–Trinajstić information content (AvgIpc) is 2.97. The number of nitrogens with zero attached hydrogens (tertiary/aromatic N) is 3. The molecule has 1 N–H and O–H groups in total. The third-order valence-electron chi connectivity index (χ3n) is 5.65. The Morgan fingerprint density at radius 2 is 2.10 bits per heavy atom. The minimum absolute atomic E-state index is 0.0149. The van der Waals surface area contributed by atoms with E-state index in [2.05, 4.69) is 10.2 Å². The number of nitrogens with one attached hydrogen (secondary N) is 1. The molecule has 1 aliphatic carbocycles. The first-order valence-corrected chi connectivity index (χ1v) is 9.77. The Morgan fingerprint density at radius 1 is 1.37 bits per heavy atom. The molecule has 2 fully saturated rings. The number of amides is 2. The molecule has 8 heteroatoms. The number of hydrogen-bond acceptors (Lipinski definition) is 3. The molecule has 2 aromatic rings. The molecule has 1 heterocycles. The quantitative estimate of drug-likeness (QED) is 0.595. The zero-order valence-electron chi connectivity index (χ0n) is 18.4. The summed E-state index contributed by atoms with van der Waals surface area (Å²) in [6.45, 7) is 8.83. The fourth-order valence-electron chi connectivity index (χ4n) is 3.90. The number of carbonyl (C=O) groups excluding carboxylic acids is 2. The van der Waals surface area contributed by atoms with Crippen molar-refractivity contribution in [3.05, 3.63) is 64.7 Å². The van der Waals surface area contributed by atoms with E-state index in [1.54, 1.807) is 11.8 Å². The fourth-order valence-corrected chi connectivity index (χ4v) is 4.35. The van der Waals surface area contributed by atoms with Gasteiger partial charge in [0.2, 0.25) is 0 Å². The average molecular weight is 424 g/mol. The molecule has 2 amide bonds. The lowest BCUT2D eigenvalue weighted by molar-refractivity contribution is -0.123. The van der Waals surface area contributed by atoms with Gasteiger partial charge in [0.15, 0.2) is 10.8 Å². The second-order valence-corrected chi connectivity index (χ2v) is 7.64. The molecule has 0 unspecified atom stereocenters. The van der Waals surface area contributed by atoms with Crippen LogP contribution < -0.4 is 15.1 Å². The number of benzene rings is 2. The summed E-state index contributed by atoms with van der Waals surface area (Å²) in [5, 5.41) is 2.42. The Hall–Kier alpha value is -3.31. The van der Waals surface area contributed by atoms with Crippen LogP contribution in [0.2, 0.25) is 0 Å². The zero-order valence-corrected chi connectivity index (χ0v) is 17.2. The van der Waals surface area contributed by atoms with E-state index in [-0.39, 0.29) is 40.0 Å². The van der Waals surface area contributed by atoms with Gasteiger partial charge in [-0.15, -0.1) is 0 Å². The summed E-state index contributed by atoms with van der Waals surface area (Å²) < 4.78 is 31.6. The van der Waals surface area contributed by atoms with Crippen molar-refractivity contribution in [3.8, 4) is 0 Å². The minimum Gasteiger partial charge on any atom is -0.355 e. The number of thiocarbonyl (C=S) groups is 1. The molecular formula is C22H19FN4O2S. The molecule has 30 heavy (non-hydrogen) atoms. The van der Waals surface area contributed by atoms with E-state index in [4.69, 9.17) is 21.5 Å². The first kappa shape index (κ1) is 17.5. The lowest BCUT2D eigenvalue weighted by atomic mass is 9.75. The molecule has 1 saturated heterocycles. The fraction of sp³-hybridized carbons (Fsp3) is 0.273. The summed E-state index contributed by atoms with van der Waals surface area (Å²) in [5.41, 5.74) is -0.292. The van der Waals surface area contributed by atoms with Crippen LogP contribution in [0.1, 0.15) is 37.9 Å². The molecule has 0 atom stereocenters. The van der Waals surface area contributed by atoms with Gasteiger partial charge in [-0.2, -0.15) is 0 Å². The van der Waals surface area contributed by atoms with Crippen LogP contribution in [0.25, 0.3) is 4.85 Å². The molecular weight excluding hydrogens is 403 g/mol. The van der Waals surface area contributed by atoms with E-state index in [9.17, 15) is 14.0 Å². The van der Waals surface area contributed by atoms with Gasteiger partial charge in [0.25, 0.3) is 11.8 Å². The van der Waals surface area contributed by atoms with Crippen LogP contribution in [0, 0.1) is 19.3 Å². The van der Waals surface area contributed by atoms with Gasteiger partial charge in [-0.25, -0.2) is 9.24 Å². The number of halogens is 1. The normalized spacial score (nSPS) is 18.1. The van der Waals surface area contributed by atoms with Crippen LogP contribution in [0.3, 0.4) is 0 Å². The highest BCUT2D eigenvalue weighted by Crippen LogP contribution is 2.48. The van der Waals surface area contributed by atoms with Crippen LogP contribution in [0.15, 0.2) is 36.4 Å². The molecule has 1 spiro atoms. The third kappa shape index (κ3) is 2.77. The van der Waals surface area contributed by atoms with E-state index < -0.39 is 17.3 Å². The van der Waals surface area contributed by atoms with Crippen LogP contribution in [0.4, 0.5) is 21.5 Å². The number of carbonyl (C=O) groups is 2. The Kier molecular flexibility index (Phi) is 4.20. The maximum Gasteiger partial charge on any atom is 0.259 e. The van der Waals surface area contributed by atoms with Gasteiger partial charge in [0, 0.05) is 18.4 Å². The summed E-state index contributed by atoms with van der Waals surface area (Å²) in [6.07, 6.45) is 1.75. The highest BCUT2D eigenvalue weighted by Gasteiger charge is 2.59. The van der Waals surface area contributed by atoms with Gasteiger partial charge in [-0.1, -0.05) is 6.07 Å². The topological polar surface area (TPSA) is 57.0 Å². The van der Waals surface area contributed by atoms with E-state index in [0.717, 1.165) is 6.42 Å². The standard InChI is InChI=1S/C22H19FN4O2S/c1-13-11-14(6-8-18(13)24-2)26-20(29)22(9-4-10-22)27(21(26)30)15-5-7-16(17(23)12-15)19(28)25-3/h5-8,11-12H,4,9-10H2,1,3H3,(H,25,28)/i6D,11D. The second-order valence-electron chi connectivity index (χ2n) is 7.27. The second kappa shape index (κ2) is 7.18. The van der Waals surface area contributed by atoms with Gasteiger partial charge in [0.05, 0.1) is 14.9 Å². The third-order valence-corrected chi connectivity index (χ3v) is 6.02. The molecule has 2 aliphatic rings. The Balaban J connectivity index is 1.85. The summed E-state index contributed by atoms with van der Waals surface area (Å²) in [4.78, 5) is 31.5. The SMILES string of the molecule is [2H]c1cc([N+]#[C-])c(C)c([2H])c1N1C(=O)C2(CCC2)N(c2ccc(C(=O)NC)c(F)c2)C1=S. The van der Waals surface area contributed by atoms with Crippen molar-refractivity contribution in [2.45, 2.75) is 31.7 Å². The summed E-state index contributed by atoms with van der Waals surface area (Å²) in [6, 6.07) is 5.10. The number of hydrogen-bond donors (Lipinski definition) is 1. The molecule has 1 saturated carbocycles. The van der Waals surface area contributed by atoms with Crippen molar-refractivity contribution in [1.82, 2.24) is 5.32 Å². The van der Waals surface area contributed by atoms with E-state index in [1.165, 1.54) is 36.2 Å². The lowest BCUT2D eigenvalue weighted by Crippen LogP contribution is -2.55. The van der Waals surface area contributed by atoms with Crippen molar-refractivity contribution >= 4 is 46.2 Å². The van der Waals surface area contributed by atoms with Crippen molar-refractivity contribution in [1.29, 1.82) is 0 Å². The Morgan fingerprint density at radius 3 is 2.67 bits per heavy atom. The Bertz CT molecular complexity index is 1240. The lowest BCUT2D eigenvalue weighted by Gasteiger charge is -2.43. The maximum atomic E-state index is 14.7. The first-order valence-electron chi connectivity index (χ1n) is 10.4. The number of rotatable bonds is 3. The van der Waals surface area contributed by atoms with Gasteiger partial charge < -0.3 is 10.2 Å². The minimum atomic E-state index is -1.02. The number of anilines is 2. The van der Waals surface area contributed by atoms with Gasteiger partial charge in [0.1, 0.15) is 11.4 Å². The van der Waals surface area contributed by atoms with Crippen LogP contribution in [-0.2, 0) is 4.79 Å². The smallest absolute Gasteiger partial charge is 0.259 e. The highest BCUT2D eigenvalue weighted by atomic mass is 32.1. The van der Waals surface area contributed by atoms with Crippen LogP contribution >= 0.6 is 12.2 Å². The zero-order chi connectivity index (χ0) is 23.4. The molecule has 2 aromatic carbocycles. The Labute approximate surface area is 181 Å². The molecule has 4 rings (SSSR count). The molecule has 0 radical (unpaired) electrons. The van der Waals surface area contributed by atoms with E-state index in [0.29, 0.717) is 24.1 Å². The summed E-state index contributed by atoms with van der Waals surface area (Å²) in [5.74, 6) is -1.69. The van der Waals surface area contributed by atoms with Gasteiger partial charge in [-0.3, -0.25) is 14.5 Å². The van der Waals surface area contributed by atoms with Gasteiger partial charge in [-0.05, 0) is 74.3 Å². The highest BCUT2D eigenvalue weighted by molar-refractivity contribution is 7.81. The van der Waals surface area contributed by atoms with Crippen molar-refractivity contribution in [3.63, 3.8) is 0 Å². The predicted molar refractivity (Wildman–Crippen MR) is 116 cm³/mol. The predicted octanol–water partition coefficient (Wildman–Crippen LogP) is 4.11. The van der Waals surface area contributed by atoms with Gasteiger partial charge >= 0.3 is 0 Å². The molecule has 0 aromatic heterocycles. The summed E-state index contributed by atoms with van der Waals surface area (Å²) >= 11 is 5.63. The molecule has 0 bridgehead atoms.